The van der Waals surface area contributed by atoms with Gasteiger partial charge in [0.05, 0.1) is 66.4 Å². The van der Waals surface area contributed by atoms with E-state index in [1.165, 1.54) is 44.4 Å². The second kappa shape index (κ2) is 34.5. The van der Waals surface area contributed by atoms with Crippen LogP contribution in [-0.4, -0.2) is 247 Å². The number of ether oxygens (including phenoxy) is 14. The van der Waals surface area contributed by atoms with Crippen molar-refractivity contribution in [3.8, 4) is 0 Å². The predicted octanol–water partition coefficient (Wildman–Crippen LogP) is 8.98. The van der Waals surface area contributed by atoms with Gasteiger partial charge < -0.3 is 102 Å². The largest absolute Gasteiger partial charge is 0.456 e. The maximum Gasteiger partial charge on any atom is 0.408 e. The van der Waals surface area contributed by atoms with Gasteiger partial charge in [0.25, 0.3) is 0 Å². The molecule has 11 aliphatic rings. The highest BCUT2D eigenvalue weighted by atomic mass is 16.7. The van der Waals surface area contributed by atoms with Gasteiger partial charge in [0.2, 0.25) is 0 Å². The molecule has 32 heteroatoms. The molecule has 0 spiro atoms. The number of likely N-dealkylation sites (tertiary alicyclic amines) is 1. The Morgan fingerprint density at radius 2 is 0.976 bits per heavy atom. The number of hydrogen-bond acceptors (Lipinski definition) is 30. The van der Waals surface area contributed by atoms with E-state index in [1.54, 1.807) is 140 Å². The number of aliphatic hydroxyl groups excluding tert-OH is 3. The Hall–Kier alpha value is -9.16. The average Bonchev–Trinajstić information content (AvgIpc) is 1.65. The SMILES string of the molecule is C=C[C@@H]1O[C@@H]2C3=C(C)[C@@H](OC(=O)[C@H](O)[C@@H](NC(=O)OC(C)(C)C)c4ccccn4)C[C@@](O)([C@@H](OC(=O)c4ccccc4)[C@H]4[C@@](C)(CC[C@H]5OC[C@]54OC(C)=O)[C@@H]2O1)C3(C)C.CC(=O)O[C@@]12CO[C@@H]1CC[C@@]1(C)[C@@H]3O[C@H](CN4CC[C@H]4CO)O[C@@H]3C3=C(C)[C@@H](OC(=O)[C@H](O)[C@@H](NC(=O)OC(C)(C)C)c4ccccn4)C[C@@](O)([C@@H](OC(=O)c4ccccc4)[C@@H]12)C3(C)C. The molecule has 32 nitrogen and oxygen atoms in total. The van der Waals surface area contributed by atoms with Crippen LogP contribution in [0.25, 0.3) is 0 Å². The molecule has 7 heterocycles. The zero-order valence-electron chi connectivity index (χ0n) is 73.7. The van der Waals surface area contributed by atoms with Crippen LogP contribution in [0, 0.1) is 33.5 Å². The first kappa shape index (κ1) is 92.0. The Kier molecular flexibility index (Phi) is 25.4. The summed E-state index contributed by atoms with van der Waals surface area (Å²) in [6.07, 6.45) is -11.1. The predicted molar refractivity (Wildman–Crippen MR) is 442 cm³/mol. The Morgan fingerprint density at radius 1 is 0.568 bits per heavy atom. The van der Waals surface area contributed by atoms with Gasteiger partial charge in [-0.1, -0.05) is 96.7 Å². The van der Waals surface area contributed by atoms with E-state index in [0.29, 0.717) is 54.5 Å². The first-order valence-corrected chi connectivity index (χ1v) is 43.0. The number of aliphatic hydroxyl groups is 5. The van der Waals surface area contributed by atoms with Crippen molar-refractivity contribution < 1.29 is 130 Å². The second-order valence-electron chi connectivity index (χ2n) is 38.7. The van der Waals surface area contributed by atoms with Crippen molar-refractivity contribution in [2.24, 2.45) is 33.5 Å². The summed E-state index contributed by atoms with van der Waals surface area (Å²) in [5.74, 6) is -6.85. The number of aromatic nitrogens is 2. The van der Waals surface area contributed by atoms with Gasteiger partial charge in [0, 0.05) is 79.9 Å². The minimum Gasteiger partial charge on any atom is -0.456 e. The van der Waals surface area contributed by atoms with Gasteiger partial charge in [-0.2, -0.15) is 0 Å². The minimum absolute atomic E-state index is 0.0299. The number of carbonyl (C=O) groups excluding carboxylic acids is 8. The van der Waals surface area contributed by atoms with Crippen LogP contribution < -0.4 is 10.6 Å². The highest BCUT2D eigenvalue weighted by Gasteiger charge is 2.80. The van der Waals surface area contributed by atoms with Gasteiger partial charge in [-0.25, -0.2) is 28.8 Å². The number of fused-ring (bicyclic) bond motifs is 16. The number of hydrogen-bond donors (Lipinski definition) is 7. The fourth-order valence-corrected chi connectivity index (χ4v) is 22.0. The van der Waals surface area contributed by atoms with Crippen molar-refractivity contribution in [3.63, 3.8) is 0 Å². The smallest absolute Gasteiger partial charge is 0.408 e. The summed E-state index contributed by atoms with van der Waals surface area (Å²) in [5, 5.41) is 66.5. The standard InChI is InChI=1S/C48H63N3O14.C45H56N2O13/c1-26-31(60-42(56)36(54)35(30-16-12-13-20-49-30)50-43(57)65-44(3,4)5)22-48(58)40(63-41(55)28-14-10-9-11-15-28)38-46(8,19-17-32-47(38,25-59-32)64-27(2)53)39-37(34(26)45(48,6)7)61-33(62-39)23-51-21-18-29(51)24-52;1-10-30-56-34-31-24(2)28(55-39(51)33(49)32(27-18-14-15-21-46-27)47-40(52)60-41(4,5)6)22-45(53,42(31,7)8)37(58-38(50)26-16-12-11-13-17-26)35-43(9,36(34)57-30)20-19-29-44(35,23-54-29)59-25(3)48/h9-16,20,29,31-33,35-40,52,54,58H,17-19,21-25H2,1-8H3,(H,50,57);10-18,21,28-30,32-37,49,53H,1,19-20,22-23H2,2-9H3,(H,47,52)/t29-,31-,32+,33+,35-,36+,37+,38-,39+,40-,46+,47-,48+;28-,29+,30+,32-,33+,34+,35-,36+,37-,43+,44-,45+/m00/s1. The summed E-state index contributed by atoms with van der Waals surface area (Å²) in [6.45, 7) is 32.3. The molecule has 2 amide bonds. The van der Waals surface area contributed by atoms with E-state index in [4.69, 9.17) is 66.3 Å². The number of pyridine rings is 2. The van der Waals surface area contributed by atoms with Gasteiger partial charge in [-0.15, -0.1) is 0 Å². The van der Waals surface area contributed by atoms with Crippen molar-refractivity contribution in [3.05, 3.63) is 167 Å². The zero-order valence-corrected chi connectivity index (χ0v) is 73.7. The lowest BCUT2D eigenvalue weighted by Crippen LogP contribution is -2.79. The number of alkyl carbamates (subject to hydrolysis) is 2. The molecule has 678 valence electrons. The average molecular weight is 1740 g/mol. The maximum atomic E-state index is 14.5. The molecule has 0 radical (unpaired) electrons. The molecule has 0 unspecified atom stereocenters. The molecule has 125 heavy (non-hydrogen) atoms. The molecule has 25 atom stereocenters. The Balaban J connectivity index is 0.000000204. The third-order valence-corrected chi connectivity index (χ3v) is 28.1. The summed E-state index contributed by atoms with van der Waals surface area (Å²) in [7, 11) is 0. The van der Waals surface area contributed by atoms with Crippen molar-refractivity contribution in [2.45, 2.75) is 293 Å². The molecular formula is C93H119N5O27. The van der Waals surface area contributed by atoms with E-state index in [1.807, 2.05) is 41.5 Å². The van der Waals surface area contributed by atoms with Crippen LogP contribution in [0.3, 0.4) is 0 Å². The molecule has 7 N–H and O–H groups in total. The Morgan fingerprint density at radius 3 is 1.33 bits per heavy atom. The monoisotopic (exact) mass is 1740 g/mol. The Bertz CT molecular complexity index is 4790. The van der Waals surface area contributed by atoms with Crippen molar-refractivity contribution in [1.82, 2.24) is 25.5 Å². The summed E-state index contributed by atoms with van der Waals surface area (Å²) in [4.78, 5) is 121. The number of amides is 2. The van der Waals surface area contributed by atoms with Crippen molar-refractivity contribution in [1.29, 1.82) is 0 Å². The fourth-order valence-electron chi connectivity index (χ4n) is 22.0. The van der Waals surface area contributed by atoms with Crippen LogP contribution in [0.2, 0.25) is 0 Å². The topological polar surface area (TPSA) is 420 Å². The summed E-state index contributed by atoms with van der Waals surface area (Å²) in [5.41, 5.74) is -10.5. The first-order chi connectivity index (χ1) is 58.8. The quantitative estimate of drug-likeness (QED) is 0.0246. The molecule has 2 aromatic heterocycles. The van der Waals surface area contributed by atoms with Gasteiger partial charge in [-0.3, -0.25) is 24.5 Å². The van der Waals surface area contributed by atoms with Crippen molar-refractivity contribution >= 4 is 48.0 Å². The number of esters is 6. The number of nitrogens with zero attached hydrogens (tertiary/aromatic N) is 3. The molecule has 4 saturated carbocycles. The molecule has 6 aliphatic carbocycles. The van der Waals surface area contributed by atoms with Crippen LogP contribution in [-0.2, 0) is 85.5 Å². The lowest BCUT2D eigenvalue weighted by Gasteiger charge is -2.68. The normalized spacial score (nSPS) is 35.4. The molecule has 2 aromatic carbocycles. The molecule has 5 saturated heterocycles. The van der Waals surface area contributed by atoms with Crippen LogP contribution >= 0.6 is 0 Å². The molecule has 9 fully saturated rings. The maximum absolute atomic E-state index is 14.5. The third kappa shape index (κ3) is 16.7. The van der Waals surface area contributed by atoms with Crippen LogP contribution in [0.5, 0.6) is 0 Å². The number of rotatable bonds is 20. The van der Waals surface area contributed by atoms with E-state index in [0.717, 1.165) is 13.0 Å². The third-order valence-electron chi connectivity index (χ3n) is 28.1. The second-order valence-corrected chi connectivity index (χ2v) is 38.7. The van der Waals surface area contributed by atoms with Gasteiger partial charge in [0.15, 0.2) is 36.0 Å². The lowest BCUT2D eigenvalue weighted by molar-refractivity contribution is -0.345. The van der Waals surface area contributed by atoms with E-state index in [2.05, 4.69) is 32.1 Å². The van der Waals surface area contributed by atoms with Gasteiger partial charge in [0.1, 0.15) is 83.3 Å². The first-order valence-electron chi connectivity index (χ1n) is 43.0. The highest BCUT2D eigenvalue weighted by molar-refractivity contribution is 5.90. The highest BCUT2D eigenvalue weighted by Crippen LogP contribution is 2.70. The Labute approximate surface area is 727 Å². The molecule has 4 bridgehead atoms. The zero-order chi connectivity index (χ0) is 90.4. The van der Waals surface area contributed by atoms with E-state index in [-0.39, 0.29) is 61.2 Å². The van der Waals surface area contributed by atoms with Gasteiger partial charge in [-0.05, 0) is 164 Å². The van der Waals surface area contributed by atoms with Crippen LogP contribution in [0.4, 0.5) is 9.59 Å². The molecular weight excluding hydrogens is 1620 g/mol. The van der Waals surface area contributed by atoms with E-state index >= 15 is 0 Å². The minimum atomic E-state index is -2.10. The number of nitrogens with one attached hydrogen (secondary N) is 2. The molecule has 4 aromatic rings. The van der Waals surface area contributed by atoms with Crippen LogP contribution in [0.1, 0.15) is 200 Å². The summed E-state index contributed by atoms with van der Waals surface area (Å²) in [6, 6.07) is 23.5. The van der Waals surface area contributed by atoms with Crippen LogP contribution in [0.15, 0.2) is 144 Å². The molecule has 15 rings (SSSR count). The number of carbonyl (C=O) groups is 8. The summed E-state index contributed by atoms with van der Waals surface area (Å²) < 4.78 is 89.0. The number of benzene rings is 2. The van der Waals surface area contributed by atoms with Crippen molar-refractivity contribution in [2.75, 3.05) is 32.9 Å². The summed E-state index contributed by atoms with van der Waals surface area (Å²) >= 11 is 0. The lowest BCUT2D eigenvalue weighted by atomic mass is 9.45. The van der Waals surface area contributed by atoms with Gasteiger partial charge >= 0.3 is 48.0 Å². The van der Waals surface area contributed by atoms with E-state index in [9.17, 15) is 63.9 Å². The van der Waals surface area contributed by atoms with E-state index < -0.39 is 213 Å². The molecule has 5 aliphatic heterocycles. The fraction of sp³-hybridized carbons (Fsp3) is 0.613.